The van der Waals surface area contributed by atoms with Crippen molar-refractivity contribution in [3.63, 3.8) is 0 Å². The maximum absolute atomic E-state index is 12.6. The topological polar surface area (TPSA) is 52.7 Å². The zero-order chi connectivity index (χ0) is 26.3. The van der Waals surface area contributed by atoms with Crippen molar-refractivity contribution in [1.29, 1.82) is 0 Å². The Morgan fingerprint density at radius 3 is 2.22 bits per heavy atom. The van der Waals surface area contributed by atoms with E-state index in [0.29, 0.717) is 24.1 Å². The van der Waals surface area contributed by atoms with Crippen LogP contribution in [0.2, 0.25) is 0 Å². The number of carbonyl (C=O) groups is 2. The van der Waals surface area contributed by atoms with Crippen molar-refractivity contribution < 1.29 is 9.59 Å². The number of halogens is 2. The van der Waals surface area contributed by atoms with Crippen molar-refractivity contribution in [1.82, 2.24) is 10.2 Å². The Hall–Kier alpha value is -2.24. The van der Waals surface area contributed by atoms with Gasteiger partial charge in [0.15, 0.2) is 0 Å². The van der Waals surface area contributed by atoms with Gasteiger partial charge in [0.1, 0.15) is 0 Å². The fourth-order valence-corrected chi connectivity index (χ4v) is 5.37. The van der Waals surface area contributed by atoms with E-state index in [9.17, 15) is 9.59 Å². The van der Waals surface area contributed by atoms with Gasteiger partial charge in [-0.1, -0.05) is 43.2 Å². The first-order valence-electron chi connectivity index (χ1n) is 13.7. The quantitative estimate of drug-likeness (QED) is 0.216. The summed E-state index contributed by atoms with van der Waals surface area (Å²) < 4.78 is 0. The van der Waals surface area contributed by atoms with Crippen LogP contribution in [-0.4, -0.2) is 61.2 Å². The van der Waals surface area contributed by atoms with Crippen LogP contribution in [0.15, 0.2) is 54.6 Å². The minimum absolute atomic E-state index is 0.139. The number of aryl methyl sites for hydroxylation is 1. The zero-order valence-electron chi connectivity index (χ0n) is 21.8. The molecule has 2 aromatic rings. The molecule has 37 heavy (non-hydrogen) atoms. The summed E-state index contributed by atoms with van der Waals surface area (Å²) in [6, 6.07) is 18.0. The molecule has 202 valence electrons. The number of nitrogens with one attached hydrogen (secondary N) is 1. The van der Waals surface area contributed by atoms with E-state index in [4.69, 9.17) is 23.2 Å². The number of rotatable bonds is 15. The molecule has 0 saturated carbocycles. The molecule has 5 nitrogen and oxygen atoms in total. The average molecular weight is 547 g/mol. The van der Waals surface area contributed by atoms with Crippen LogP contribution in [-0.2, 0) is 11.2 Å². The lowest BCUT2D eigenvalue weighted by Crippen LogP contribution is -2.38. The SMILES string of the molecule is O=C(CCCc1ccc(N(CCCl)CCCl)cc1)NCCCCC1CCN(C(=O)c2ccccc2)CC1. The molecule has 1 heterocycles. The molecule has 0 bridgehead atoms. The highest BCUT2D eigenvalue weighted by molar-refractivity contribution is 6.18. The third kappa shape index (κ3) is 10.2. The third-order valence-electron chi connectivity index (χ3n) is 7.16. The highest BCUT2D eigenvalue weighted by atomic mass is 35.5. The maximum Gasteiger partial charge on any atom is 0.253 e. The normalized spacial score (nSPS) is 13.9. The van der Waals surface area contributed by atoms with Gasteiger partial charge in [-0.25, -0.2) is 0 Å². The minimum Gasteiger partial charge on any atom is -0.369 e. The zero-order valence-corrected chi connectivity index (χ0v) is 23.4. The molecule has 0 aromatic heterocycles. The number of anilines is 1. The fraction of sp³-hybridized carbons (Fsp3) is 0.533. The third-order valence-corrected chi connectivity index (χ3v) is 7.50. The molecule has 0 aliphatic carbocycles. The molecule has 7 heteroatoms. The van der Waals surface area contributed by atoms with Crippen LogP contribution < -0.4 is 10.2 Å². The molecule has 0 unspecified atom stereocenters. The molecule has 2 amide bonds. The molecule has 1 N–H and O–H groups in total. The number of amides is 2. The van der Waals surface area contributed by atoms with Gasteiger partial charge < -0.3 is 15.1 Å². The van der Waals surface area contributed by atoms with Gasteiger partial charge in [0.05, 0.1) is 0 Å². The van der Waals surface area contributed by atoms with Crippen molar-refractivity contribution in [2.45, 2.75) is 51.4 Å². The highest BCUT2D eigenvalue weighted by Crippen LogP contribution is 2.23. The molecule has 1 saturated heterocycles. The van der Waals surface area contributed by atoms with E-state index in [2.05, 4.69) is 34.5 Å². The van der Waals surface area contributed by atoms with Crippen molar-refractivity contribution in [2.24, 2.45) is 5.92 Å². The minimum atomic E-state index is 0.139. The van der Waals surface area contributed by atoms with Gasteiger partial charge in [0.25, 0.3) is 5.91 Å². The van der Waals surface area contributed by atoms with Crippen molar-refractivity contribution in [3.8, 4) is 0 Å². The number of nitrogens with zero attached hydrogens (tertiary/aromatic N) is 2. The predicted octanol–water partition coefficient (Wildman–Crippen LogP) is 6.13. The fourth-order valence-electron chi connectivity index (χ4n) is 4.96. The Bertz CT molecular complexity index is 926. The first-order valence-corrected chi connectivity index (χ1v) is 14.7. The Morgan fingerprint density at radius 2 is 1.57 bits per heavy atom. The van der Waals surface area contributed by atoms with Crippen LogP contribution in [0.3, 0.4) is 0 Å². The van der Waals surface area contributed by atoms with Crippen molar-refractivity contribution >= 4 is 40.7 Å². The second kappa shape index (κ2) is 16.6. The molecule has 1 fully saturated rings. The smallest absolute Gasteiger partial charge is 0.253 e. The van der Waals surface area contributed by atoms with Crippen LogP contribution in [0.5, 0.6) is 0 Å². The lowest BCUT2D eigenvalue weighted by Gasteiger charge is -2.32. The van der Waals surface area contributed by atoms with Gasteiger partial charge >= 0.3 is 0 Å². The summed E-state index contributed by atoms with van der Waals surface area (Å²) in [5, 5.41) is 3.08. The number of hydrogen-bond acceptors (Lipinski definition) is 3. The predicted molar refractivity (Wildman–Crippen MR) is 155 cm³/mol. The standard InChI is InChI=1S/C30H41Cl2N3O2/c31-18-23-34(24-19-32)28-14-12-25(13-15-28)8-6-11-29(36)33-20-5-4-7-26-16-21-35(22-17-26)30(37)27-9-2-1-3-10-27/h1-3,9-10,12-15,26H,4-8,11,16-24H2,(H,33,36). The summed E-state index contributed by atoms with van der Waals surface area (Å²) in [6.07, 6.45) is 7.74. The summed E-state index contributed by atoms with van der Waals surface area (Å²) in [5.41, 5.74) is 3.15. The highest BCUT2D eigenvalue weighted by Gasteiger charge is 2.23. The van der Waals surface area contributed by atoms with E-state index in [1.807, 2.05) is 35.2 Å². The molecule has 1 aliphatic heterocycles. The molecule has 3 rings (SSSR count). The summed E-state index contributed by atoms with van der Waals surface area (Å²) in [4.78, 5) is 29.0. The maximum atomic E-state index is 12.6. The van der Waals surface area contributed by atoms with Gasteiger partial charge in [-0.2, -0.15) is 0 Å². The van der Waals surface area contributed by atoms with Gasteiger partial charge in [-0.15, -0.1) is 23.2 Å². The van der Waals surface area contributed by atoms with E-state index in [0.717, 1.165) is 82.5 Å². The second-order valence-electron chi connectivity index (χ2n) is 9.83. The van der Waals surface area contributed by atoms with Gasteiger partial charge in [0, 0.05) is 62.2 Å². The molecule has 0 radical (unpaired) electrons. The second-order valence-corrected chi connectivity index (χ2v) is 10.6. The molecule has 0 atom stereocenters. The Kier molecular flexibility index (Phi) is 13.1. The number of carbonyl (C=O) groups excluding carboxylic acids is 2. The van der Waals surface area contributed by atoms with Crippen LogP contribution in [0, 0.1) is 5.92 Å². The summed E-state index contributed by atoms with van der Waals surface area (Å²) in [5.74, 6) is 2.11. The molecular weight excluding hydrogens is 505 g/mol. The van der Waals surface area contributed by atoms with Crippen LogP contribution in [0.4, 0.5) is 5.69 Å². The Morgan fingerprint density at radius 1 is 0.892 bits per heavy atom. The monoisotopic (exact) mass is 545 g/mol. The van der Waals surface area contributed by atoms with Crippen LogP contribution in [0.1, 0.15) is 60.9 Å². The van der Waals surface area contributed by atoms with Crippen molar-refractivity contribution in [3.05, 3.63) is 65.7 Å². The number of piperidine rings is 1. The van der Waals surface area contributed by atoms with E-state index in [-0.39, 0.29) is 11.8 Å². The van der Waals surface area contributed by atoms with E-state index < -0.39 is 0 Å². The average Bonchev–Trinajstić information content (AvgIpc) is 2.93. The number of hydrogen-bond donors (Lipinski definition) is 1. The first-order chi connectivity index (χ1) is 18.1. The molecule has 2 aromatic carbocycles. The largest absolute Gasteiger partial charge is 0.369 e. The molecular formula is C30H41Cl2N3O2. The first kappa shape index (κ1) is 29.3. The van der Waals surface area contributed by atoms with Gasteiger partial charge in [-0.3, -0.25) is 9.59 Å². The number of likely N-dealkylation sites (tertiary alicyclic amines) is 1. The van der Waals surface area contributed by atoms with E-state index in [1.54, 1.807) is 0 Å². The van der Waals surface area contributed by atoms with Crippen LogP contribution in [0.25, 0.3) is 0 Å². The molecule has 0 spiro atoms. The summed E-state index contributed by atoms with van der Waals surface area (Å²) in [6.45, 7) is 4.00. The number of unbranched alkanes of at least 4 members (excludes halogenated alkanes) is 1. The van der Waals surface area contributed by atoms with Gasteiger partial charge in [-0.05, 0) is 67.9 Å². The van der Waals surface area contributed by atoms with Gasteiger partial charge in [0.2, 0.25) is 5.91 Å². The lowest BCUT2D eigenvalue weighted by molar-refractivity contribution is -0.121. The molecule has 1 aliphatic rings. The van der Waals surface area contributed by atoms with Crippen molar-refractivity contribution in [2.75, 3.05) is 49.4 Å². The Balaban J connectivity index is 1.22. The van der Waals surface area contributed by atoms with E-state index in [1.165, 1.54) is 12.0 Å². The Labute approximate surface area is 232 Å². The van der Waals surface area contributed by atoms with Crippen LogP contribution >= 0.6 is 23.2 Å². The summed E-state index contributed by atoms with van der Waals surface area (Å²) in [7, 11) is 0. The lowest BCUT2D eigenvalue weighted by atomic mass is 9.91. The number of alkyl halides is 2. The number of benzene rings is 2. The summed E-state index contributed by atoms with van der Waals surface area (Å²) >= 11 is 11.8. The van der Waals surface area contributed by atoms with E-state index >= 15 is 0 Å².